The lowest BCUT2D eigenvalue weighted by molar-refractivity contribution is -0.403. The number of nitrogens with zero attached hydrogens (tertiary/aromatic N) is 1. The van der Waals surface area contributed by atoms with Gasteiger partial charge < -0.3 is 0 Å². The second-order valence-electron chi connectivity index (χ2n) is 4.29. The average molecular weight is 302 g/mol. The summed E-state index contributed by atoms with van der Waals surface area (Å²) in [5, 5.41) is 0. The van der Waals surface area contributed by atoms with E-state index >= 15 is 0 Å². The first-order chi connectivity index (χ1) is 6.05. The molecule has 14 heavy (non-hydrogen) atoms. The summed E-state index contributed by atoms with van der Waals surface area (Å²) in [7, 11) is 2.14. The SMILES string of the molecule is CC1=[N+](C)c2ccccc2C1(C)C.I. The summed E-state index contributed by atoms with van der Waals surface area (Å²) in [4.78, 5) is 0. The van der Waals surface area contributed by atoms with Crippen LogP contribution in [-0.2, 0) is 5.41 Å². The minimum Gasteiger partial charge on any atom is -0.202 e. The summed E-state index contributed by atoms with van der Waals surface area (Å²) in [6.45, 7) is 6.77. The van der Waals surface area contributed by atoms with Gasteiger partial charge in [-0.05, 0) is 13.8 Å². The molecule has 1 aliphatic heterocycles. The molecule has 0 N–H and O–H groups in total. The molecule has 0 atom stereocenters. The van der Waals surface area contributed by atoms with Crippen LogP contribution in [0.2, 0.25) is 0 Å². The van der Waals surface area contributed by atoms with E-state index in [0.717, 1.165) is 0 Å². The number of rotatable bonds is 0. The third-order valence-corrected chi connectivity index (χ3v) is 3.35. The number of hydrogen-bond donors (Lipinski definition) is 0. The predicted molar refractivity (Wildman–Crippen MR) is 71.4 cm³/mol. The number of para-hydroxylation sites is 1. The van der Waals surface area contributed by atoms with Crippen molar-refractivity contribution in [2.75, 3.05) is 7.05 Å². The van der Waals surface area contributed by atoms with E-state index in [4.69, 9.17) is 0 Å². The second-order valence-corrected chi connectivity index (χ2v) is 4.29. The first-order valence-electron chi connectivity index (χ1n) is 4.72. The van der Waals surface area contributed by atoms with Crippen molar-refractivity contribution in [1.29, 1.82) is 0 Å². The summed E-state index contributed by atoms with van der Waals surface area (Å²) >= 11 is 0. The molecule has 0 aliphatic carbocycles. The molecule has 2 rings (SSSR count). The smallest absolute Gasteiger partial charge is 0.202 e. The Morgan fingerprint density at radius 1 is 1.14 bits per heavy atom. The molecule has 0 unspecified atom stereocenters. The molecule has 1 nitrogen and oxygen atoms in total. The molecule has 2 heteroatoms. The maximum absolute atomic E-state index is 2.29. The Labute approximate surface area is 103 Å². The zero-order chi connectivity index (χ0) is 9.64. The molecular formula is C12H17IN+. The van der Waals surface area contributed by atoms with Crippen molar-refractivity contribution in [3.63, 3.8) is 0 Å². The fourth-order valence-corrected chi connectivity index (χ4v) is 2.09. The molecule has 0 bridgehead atoms. The van der Waals surface area contributed by atoms with Crippen molar-refractivity contribution in [3.05, 3.63) is 29.8 Å². The number of halogens is 1. The third-order valence-electron chi connectivity index (χ3n) is 3.35. The number of benzene rings is 1. The minimum absolute atomic E-state index is 0. The van der Waals surface area contributed by atoms with Crippen LogP contribution in [-0.4, -0.2) is 17.3 Å². The van der Waals surface area contributed by atoms with Crippen LogP contribution in [0.25, 0.3) is 0 Å². The maximum atomic E-state index is 2.29. The summed E-state index contributed by atoms with van der Waals surface area (Å²) in [6, 6.07) is 8.63. The monoisotopic (exact) mass is 302 g/mol. The highest BCUT2D eigenvalue weighted by atomic mass is 127. The van der Waals surface area contributed by atoms with Gasteiger partial charge in [0.1, 0.15) is 7.05 Å². The molecule has 0 fully saturated rings. The zero-order valence-electron chi connectivity index (χ0n) is 9.16. The molecule has 1 aromatic carbocycles. The predicted octanol–water partition coefficient (Wildman–Crippen LogP) is 3.33. The zero-order valence-corrected chi connectivity index (χ0v) is 11.5. The summed E-state index contributed by atoms with van der Waals surface area (Å²) in [5.41, 5.74) is 4.42. The second kappa shape index (κ2) is 3.65. The van der Waals surface area contributed by atoms with Crippen LogP contribution < -0.4 is 0 Å². The number of hydrogen-bond acceptors (Lipinski definition) is 0. The highest BCUT2D eigenvalue weighted by molar-refractivity contribution is 14.0. The van der Waals surface area contributed by atoms with Gasteiger partial charge in [-0.25, -0.2) is 4.58 Å². The van der Waals surface area contributed by atoms with Gasteiger partial charge in [0.05, 0.1) is 5.41 Å². The van der Waals surface area contributed by atoms with Gasteiger partial charge in [-0.3, -0.25) is 0 Å². The quantitative estimate of drug-likeness (QED) is 0.511. The van der Waals surface area contributed by atoms with Crippen molar-refractivity contribution in [3.8, 4) is 0 Å². The Kier molecular flexibility index (Phi) is 3.04. The van der Waals surface area contributed by atoms with Crippen molar-refractivity contribution in [1.82, 2.24) is 0 Å². The van der Waals surface area contributed by atoms with Crippen LogP contribution in [0.5, 0.6) is 0 Å². The largest absolute Gasteiger partial charge is 0.209 e. The van der Waals surface area contributed by atoms with Gasteiger partial charge in [-0.1, -0.05) is 18.2 Å². The molecule has 0 radical (unpaired) electrons. The van der Waals surface area contributed by atoms with Gasteiger partial charge >= 0.3 is 0 Å². The van der Waals surface area contributed by atoms with Crippen molar-refractivity contribution in [2.24, 2.45) is 0 Å². The summed E-state index contributed by atoms with van der Waals surface area (Å²) in [6.07, 6.45) is 0. The third kappa shape index (κ3) is 1.40. The molecule has 0 saturated heterocycles. The van der Waals surface area contributed by atoms with Crippen LogP contribution >= 0.6 is 24.0 Å². The summed E-state index contributed by atoms with van der Waals surface area (Å²) < 4.78 is 2.29. The van der Waals surface area contributed by atoms with E-state index in [1.807, 2.05) is 0 Å². The molecule has 0 aromatic heterocycles. The van der Waals surface area contributed by atoms with E-state index in [-0.39, 0.29) is 29.4 Å². The van der Waals surface area contributed by atoms with Gasteiger partial charge in [0.25, 0.3) is 0 Å². The van der Waals surface area contributed by atoms with E-state index in [1.165, 1.54) is 17.0 Å². The molecule has 76 valence electrons. The van der Waals surface area contributed by atoms with E-state index in [0.29, 0.717) is 0 Å². The van der Waals surface area contributed by atoms with Crippen molar-refractivity contribution in [2.45, 2.75) is 26.2 Å². The Bertz CT molecular complexity index is 391. The van der Waals surface area contributed by atoms with Crippen LogP contribution in [0.15, 0.2) is 24.3 Å². The lowest BCUT2D eigenvalue weighted by atomic mass is 9.82. The van der Waals surface area contributed by atoms with E-state index in [1.54, 1.807) is 0 Å². The minimum atomic E-state index is 0. The Morgan fingerprint density at radius 3 is 2.29 bits per heavy atom. The molecule has 0 spiro atoms. The molecule has 1 heterocycles. The number of fused-ring (bicyclic) bond motifs is 1. The van der Waals surface area contributed by atoms with Gasteiger partial charge in [0.15, 0.2) is 5.71 Å². The highest BCUT2D eigenvalue weighted by Crippen LogP contribution is 2.38. The van der Waals surface area contributed by atoms with Gasteiger partial charge in [0, 0.05) is 18.6 Å². The molecule has 0 amide bonds. The normalized spacial score (nSPS) is 17.7. The van der Waals surface area contributed by atoms with Crippen LogP contribution in [0.1, 0.15) is 26.3 Å². The molecule has 0 saturated carbocycles. The van der Waals surface area contributed by atoms with Crippen LogP contribution in [0.4, 0.5) is 5.69 Å². The Hall–Kier alpha value is -0.380. The van der Waals surface area contributed by atoms with E-state index in [2.05, 4.69) is 56.7 Å². The molecule has 1 aromatic rings. The first kappa shape index (κ1) is 11.7. The summed E-state index contributed by atoms with van der Waals surface area (Å²) in [5.74, 6) is 0. The van der Waals surface area contributed by atoms with Gasteiger partial charge in [0.2, 0.25) is 5.69 Å². The topological polar surface area (TPSA) is 3.01 Å². The average Bonchev–Trinajstić information content (AvgIpc) is 2.30. The standard InChI is InChI=1S/C12H16N.HI/c1-9-12(2,3)10-7-5-6-8-11(10)13(9)4;/h5-8H,1-4H3;1H/q+1;. The van der Waals surface area contributed by atoms with Crippen LogP contribution in [0.3, 0.4) is 0 Å². The maximum Gasteiger partial charge on any atom is 0.209 e. The van der Waals surface area contributed by atoms with Crippen molar-refractivity contribution < 1.29 is 4.58 Å². The highest BCUT2D eigenvalue weighted by Gasteiger charge is 2.40. The van der Waals surface area contributed by atoms with E-state index in [9.17, 15) is 0 Å². The van der Waals surface area contributed by atoms with E-state index < -0.39 is 0 Å². The fraction of sp³-hybridized carbons (Fsp3) is 0.417. The first-order valence-corrected chi connectivity index (χ1v) is 4.72. The van der Waals surface area contributed by atoms with Gasteiger partial charge in [-0.15, -0.1) is 24.0 Å². The Morgan fingerprint density at radius 2 is 1.71 bits per heavy atom. The lowest BCUT2D eigenvalue weighted by Gasteiger charge is -2.14. The molecular weight excluding hydrogens is 285 g/mol. The van der Waals surface area contributed by atoms with Crippen molar-refractivity contribution >= 4 is 35.4 Å². The molecule has 1 aliphatic rings. The van der Waals surface area contributed by atoms with Gasteiger partial charge in [-0.2, -0.15) is 0 Å². The fourth-order valence-electron chi connectivity index (χ4n) is 2.09. The lowest BCUT2D eigenvalue weighted by Crippen LogP contribution is -2.25. The Balaban J connectivity index is 0.000000980. The van der Waals surface area contributed by atoms with Crippen LogP contribution in [0, 0.1) is 0 Å².